The van der Waals surface area contributed by atoms with Crippen LogP contribution >= 0.6 is 0 Å². The highest BCUT2D eigenvalue weighted by Gasteiger charge is 2.09. The highest BCUT2D eigenvalue weighted by Crippen LogP contribution is 2.30. The van der Waals surface area contributed by atoms with Gasteiger partial charge in [0.1, 0.15) is 0 Å². The molecule has 2 rings (SSSR count). The first kappa shape index (κ1) is 9.65. The zero-order valence-corrected chi connectivity index (χ0v) is 8.88. The predicted molar refractivity (Wildman–Crippen MR) is 64.8 cm³/mol. The van der Waals surface area contributed by atoms with Crippen molar-refractivity contribution in [3.05, 3.63) is 35.9 Å². The molecule has 76 valence electrons. The van der Waals surface area contributed by atoms with Crippen LogP contribution in [0.15, 0.2) is 40.4 Å². The van der Waals surface area contributed by atoms with Gasteiger partial charge in [0.15, 0.2) is 0 Å². The number of hydrazone groups is 1. The van der Waals surface area contributed by atoms with Gasteiger partial charge in [-0.1, -0.05) is 18.2 Å². The van der Waals surface area contributed by atoms with Gasteiger partial charge < -0.3 is 5.01 Å². The predicted octanol–water partition coefficient (Wildman–Crippen LogP) is 2.33. The van der Waals surface area contributed by atoms with Gasteiger partial charge >= 0.3 is 0 Å². The molecule has 0 aliphatic carbocycles. The third-order valence-corrected chi connectivity index (χ3v) is 2.11. The van der Waals surface area contributed by atoms with Crippen LogP contribution in [0.4, 0.5) is 5.69 Å². The molecule has 0 fully saturated rings. The molecule has 1 aliphatic heterocycles. The van der Waals surface area contributed by atoms with E-state index in [2.05, 4.69) is 16.2 Å². The third kappa shape index (κ3) is 2.13. The molecule has 0 atom stereocenters. The summed E-state index contributed by atoms with van der Waals surface area (Å²) in [5.41, 5.74) is 3.31. The Balaban J connectivity index is 2.24. The number of benzene rings is 1. The number of nitrogens with zero attached hydrogens (tertiary/aromatic N) is 3. The van der Waals surface area contributed by atoms with E-state index in [0.29, 0.717) is 0 Å². The Kier molecular flexibility index (Phi) is 2.63. The van der Waals surface area contributed by atoms with E-state index >= 15 is 0 Å². The molecule has 0 saturated carbocycles. The Bertz CT molecular complexity index is 442. The lowest BCUT2D eigenvalue weighted by atomic mass is 10.1. The Hall–Kier alpha value is -1.90. The molecule has 1 aromatic carbocycles. The zero-order valence-electron chi connectivity index (χ0n) is 8.88. The maximum atomic E-state index is 4.31. The standard InChI is InChI=1S/C12H13N3/c1-15(2)14-8-7-10-9-13-12-6-4-3-5-11(10)12/h3-9H,1-2H3/b10-7+,14-8+. The largest absolute Gasteiger partial charge is 0.303 e. The van der Waals surface area contributed by atoms with Crippen molar-refractivity contribution in [1.82, 2.24) is 5.01 Å². The first-order valence-corrected chi connectivity index (χ1v) is 4.82. The van der Waals surface area contributed by atoms with E-state index < -0.39 is 0 Å². The number of allylic oxidation sites excluding steroid dienone is 2. The normalized spacial score (nSPS) is 16.3. The summed E-state index contributed by atoms with van der Waals surface area (Å²) in [7, 11) is 3.79. The number of aliphatic imine (C=N–C) groups is 1. The second kappa shape index (κ2) is 4.09. The van der Waals surface area contributed by atoms with Crippen LogP contribution in [0.25, 0.3) is 5.57 Å². The van der Waals surface area contributed by atoms with Crippen LogP contribution in [0, 0.1) is 0 Å². The van der Waals surface area contributed by atoms with Gasteiger partial charge in [-0.05, 0) is 12.1 Å². The number of rotatable bonds is 2. The van der Waals surface area contributed by atoms with E-state index in [0.717, 1.165) is 11.3 Å². The molecular weight excluding hydrogens is 186 g/mol. The SMILES string of the molecule is CN(C)/N=C/C=C1\C=Nc2ccccc21. The van der Waals surface area contributed by atoms with Gasteiger partial charge in [-0.15, -0.1) is 0 Å². The fourth-order valence-electron chi connectivity index (χ4n) is 1.42. The Morgan fingerprint density at radius 2 is 2.07 bits per heavy atom. The van der Waals surface area contributed by atoms with Gasteiger partial charge in [-0.3, -0.25) is 4.99 Å². The van der Waals surface area contributed by atoms with Crippen molar-refractivity contribution in [1.29, 1.82) is 0 Å². The minimum atomic E-state index is 1.03. The zero-order chi connectivity index (χ0) is 10.7. The van der Waals surface area contributed by atoms with E-state index in [1.165, 1.54) is 5.56 Å². The molecule has 0 amide bonds. The van der Waals surface area contributed by atoms with Crippen molar-refractivity contribution in [2.24, 2.45) is 10.1 Å². The molecule has 15 heavy (non-hydrogen) atoms. The second-order valence-electron chi connectivity index (χ2n) is 3.51. The molecule has 0 unspecified atom stereocenters. The average Bonchev–Trinajstić information content (AvgIpc) is 2.62. The van der Waals surface area contributed by atoms with Crippen LogP contribution in [0.1, 0.15) is 5.56 Å². The third-order valence-electron chi connectivity index (χ3n) is 2.11. The van der Waals surface area contributed by atoms with Crippen molar-refractivity contribution in [2.75, 3.05) is 14.1 Å². The monoisotopic (exact) mass is 199 g/mol. The van der Waals surface area contributed by atoms with Crippen LogP contribution in [-0.4, -0.2) is 31.5 Å². The summed E-state index contributed by atoms with van der Waals surface area (Å²) in [6, 6.07) is 8.09. The molecule has 0 bridgehead atoms. The summed E-state index contributed by atoms with van der Waals surface area (Å²) >= 11 is 0. The average molecular weight is 199 g/mol. The van der Waals surface area contributed by atoms with Crippen molar-refractivity contribution in [3.63, 3.8) is 0 Å². The summed E-state index contributed by atoms with van der Waals surface area (Å²) in [4.78, 5) is 4.31. The van der Waals surface area contributed by atoms with Crippen molar-refractivity contribution in [3.8, 4) is 0 Å². The molecule has 3 nitrogen and oxygen atoms in total. The summed E-state index contributed by atoms with van der Waals surface area (Å²) in [6.07, 6.45) is 5.62. The van der Waals surface area contributed by atoms with Gasteiger partial charge in [0.25, 0.3) is 0 Å². The molecule has 1 aliphatic rings. The fraction of sp³-hybridized carbons (Fsp3) is 0.167. The molecule has 0 radical (unpaired) electrons. The topological polar surface area (TPSA) is 28.0 Å². The second-order valence-corrected chi connectivity index (χ2v) is 3.51. The van der Waals surface area contributed by atoms with Gasteiger partial charge in [-0.2, -0.15) is 5.10 Å². The lowest BCUT2D eigenvalue weighted by Crippen LogP contribution is -2.00. The molecule has 0 N–H and O–H groups in total. The molecule has 0 spiro atoms. The van der Waals surface area contributed by atoms with Crippen molar-refractivity contribution < 1.29 is 0 Å². The Morgan fingerprint density at radius 3 is 2.87 bits per heavy atom. The van der Waals surface area contributed by atoms with Crippen LogP contribution in [0.2, 0.25) is 0 Å². The fourth-order valence-corrected chi connectivity index (χ4v) is 1.42. The number of hydrogen-bond donors (Lipinski definition) is 0. The first-order valence-electron chi connectivity index (χ1n) is 4.82. The lowest BCUT2D eigenvalue weighted by molar-refractivity contribution is 0.440. The maximum Gasteiger partial charge on any atom is 0.0708 e. The minimum Gasteiger partial charge on any atom is -0.303 e. The summed E-state index contributed by atoms with van der Waals surface area (Å²) in [5, 5.41) is 5.89. The highest BCUT2D eigenvalue weighted by atomic mass is 15.4. The smallest absolute Gasteiger partial charge is 0.0708 e. The van der Waals surface area contributed by atoms with Gasteiger partial charge in [0.2, 0.25) is 0 Å². The molecule has 1 aromatic rings. The summed E-state index contributed by atoms with van der Waals surface area (Å²) < 4.78 is 0. The number of para-hydroxylation sites is 1. The van der Waals surface area contributed by atoms with Crippen LogP contribution in [-0.2, 0) is 0 Å². The van der Waals surface area contributed by atoms with Gasteiger partial charge in [0, 0.05) is 37.7 Å². The highest BCUT2D eigenvalue weighted by molar-refractivity contribution is 6.19. The van der Waals surface area contributed by atoms with Crippen LogP contribution in [0.3, 0.4) is 0 Å². The van der Waals surface area contributed by atoms with Crippen molar-refractivity contribution >= 4 is 23.7 Å². The van der Waals surface area contributed by atoms with E-state index in [-0.39, 0.29) is 0 Å². The van der Waals surface area contributed by atoms with Crippen LogP contribution in [0.5, 0.6) is 0 Å². The van der Waals surface area contributed by atoms with Crippen LogP contribution < -0.4 is 0 Å². The van der Waals surface area contributed by atoms with E-state index in [4.69, 9.17) is 0 Å². The minimum absolute atomic E-state index is 1.03. The number of hydrogen-bond acceptors (Lipinski definition) is 3. The van der Waals surface area contributed by atoms with E-state index in [1.807, 2.05) is 44.6 Å². The quantitative estimate of drug-likeness (QED) is 0.530. The molecule has 1 heterocycles. The molecule has 0 aromatic heterocycles. The first-order chi connectivity index (χ1) is 7.27. The molecule has 0 saturated heterocycles. The Labute approximate surface area is 89.4 Å². The molecular formula is C12H13N3. The summed E-state index contributed by atoms with van der Waals surface area (Å²) in [5.74, 6) is 0. The van der Waals surface area contributed by atoms with Crippen molar-refractivity contribution in [2.45, 2.75) is 0 Å². The summed E-state index contributed by atoms with van der Waals surface area (Å²) in [6.45, 7) is 0. The number of fused-ring (bicyclic) bond motifs is 1. The van der Waals surface area contributed by atoms with E-state index in [9.17, 15) is 0 Å². The molecule has 3 heteroatoms. The maximum absolute atomic E-state index is 4.31. The Morgan fingerprint density at radius 1 is 1.27 bits per heavy atom. The van der Waals surface area contributed by atoms with Gasteiger partial charge in [0.05, 0.1) is 5.69 Å². The lowest BCUT2D eigenvalue weighted by Gasteiger charge is -2.00. The van der Waals surface area contributed by atoms with Gasteiger partial charge in [-0.25, -0.2) is 0 Å². The van der Waals surface area contributed by atoms with E-state index in [1.54, 1.807) is 11.2 Å².